The maximum atomic E-state index is 13.0. The molecule has 5 rings (SSSR count). The number of hydrogen-bond acceptors (Lipinski definition) is 6. The minimum absolute atomic E-state index is 0.00413. The van der Waals surface area contributed by atoms with Crippen molar-refractivity contribution in [2.45, 2.75) is 11.6 Å². The van der Waals surface area contributed by atoms with E-state index in [1.165, 1.54) is 29.5 Å². The van der Waals surface area contributed by atoms with Crippen molar-refractivity contribution in [1.82, 2.24) is 14.8 Å². The largest absolute Gasteiger partial charge is 0.311 e. The summed E-state index contributed by atoms with van der Waals surface area (Å²) in [7, 11) is 0. The summed E-state index contributed by atoms with van der Waals surface area (Å²) in [5.74, 6) is 0.685. The van der Waals surface area contributed by atoms with Crippen LogP contribution in [-0.4, -0.2) is 37.9 Å². The van der Waals surface area contributed by atoms with Crippen LogP contribution in [0.25, 0.3) is 17.1 Å². The Morgan fingerprint density at radius 1 is 1.00 bits per heavy atom. The number of nitro groups is 1. The summed E-state index contributed by atoms with van der Waals surface area (Å²) in [5, 5.41) is 20.4. The van der Waals surface area contributed by atoms with Gasteiger partial charge >= 0.3 is 0 Å². The van der Waals surface area contributed by atoms with E-state index >= 15 is 0 Å². The molecule has 0 unspecified atom stereocenters. The molecule has 0 saturated heterocycles. The van der Waals surface area contributed by atoms with Crippen molar-refractivity contribution in [3.8, 4) is 17.1 Å². The number of hydrogen-bond donors (Lipinski definition) is 0. The highest BCUT2D eigenvalue weighted by Crippen LogP contribution is 2.31. The maximum Gasteiger partial charge on any atom is 0.270 e. The van der Waals surface area contributed by atoms with Crippen LogP contribution in [-0.2, 0) is 11.2 Å². The molecule has 9 heteroatoms. The maximum absolute atomic E-state index is 13.0. The molecule has 1 aliphatic heterocycles. The van der Waals surface area contributed by atoms with E-state index in [0.29, 0.717) is 23.1 Å². The molecular weight excluding hydrogens is 438 g/mol. The van der Waals surface area contributed by atoms with Gasteiger partial charge in [0.05, 0.1) is 10.7 Å². The number of fused-ring (bicyclic) bond motifs is 1. The zero-order valence-electron chi connectivity index (χ0n) is 17.5. The van der Waals surface area contributed by atoms with E-state index in [-0.39, 0.29) is 17.3 Å². The number of carbonyl (C=O) groups excluding carboxylic acids is 1. The number of anilines is 1. The van der Waals surface area contributed by atoms with Gasteiger partial charge in [0.15, 0.2) is 11.0 Å². The minimum Gasteiger partial charge on any atom is -0.311 e. The standard InChI is InChI=1S/C24H19N5O3S/c30-22(27-14-13-17-7-4-5-12-21(17)27)16-33-24-26-25-23(28(24)19-9-2-1-3-10-19)18-8-6-11-20(15-18)29(31)32/h1-12,15H,13-14,16H2. The molecule has 4 aromatic rings. The van der Waals surface area contributed by atoms with Crippen molar-refractivity contribution in [3.05, 3.63) is 94.5 Å². The van der Waals surface area contributed by atoms with Gasteiger partial charge in [-0.25, -0.2) is 0 Å². The first-order valence-electron chi connectivity index (χ1n) is 10.4. The number of carbonyl (C=O) groups is 1. The summed E-state index contributed by atoms with van der Waals surface area (Å²) in [5.41, 5.74) is 3.51. The summed E-state index contributed by atoms with van der Waals surface area (Å²) < 4.78 is 1.83. The van der Waals surface area contributed by atoms with Crippen molar-refractivity contribution >= 4 is 29.0 Å². The van der Waals surface area contributed by atoms with Crippen molar-refractivity contribution in [3.63, 3.8) is 0 Å². The minimum atomic E-state index is -0.436. The molecule has 0 aliphatic carbocycles. The quantitative estimate of drug-likeness (QED) is 0.240. The lowest BCUT2D eigenvalue weighted by molar-refractivity contribution is -0.384. The van der Waals surface area contributed by atoms with Crippen LogP contribution in [0, 0.1) is 10.1 Å². The molecule has 3 aromatic carbocycles. The summed E-state index contributed by atoms with van der Waals surface area (Å²) in [6.45, 7) is 0.670. The first-order valence-corrected chi connectivity index (χ1v) is 11.4. The molecule has 0 fully saturated rings. The Bertz CT molecular complexity index is 1340. The van der Waals surface area contributed by atoms with Gasteiger partial charge < -0.3 is 4.90 Å². The van der Waals surface area contributed by atoms with Crippen LogP contribution in [0.5, 0.6) is 0 Å². The second-order valence-corrected chi connectivity index (χ2v) is 8.44. The van der Waals surface area contributed by atoms with E-state index in [1.54, 1.807) is 12.1 Å². The van der Waals surface area contributed by atoms with Crippen LogP contribution < -0.4 is 4.90 Å². The summed E-state index contributed by atoms with van der Waals surface area (Å²) in [4.78, 5) is 25.6. The Balaban J connectivity index is 1.45. The van der Waals surface area contributed by atoms with E-state index in [9.17, 15) is 14.9 Å². The number of para-hydroxylation sites is 2. The molecular formula is C24H19N5O3S. The van der Waals surface area contributed by atoms with E-state index in [1.807, 2.05) is 64.1 Å². The second-order valence-electron chi connectivity index (χ2n) is 7.50. The van der Waals surface area contributed by atoms with Crippen molar-refractivity contribution in [2.75, 3.05) is 17.2 Å². The van der Waals surface area contributed by atoms with Crippen molar-refractivity contribution in [1.29, 1.82) is 0 Å². The van der Waals surface area contributed by atoms with Gasteiger partial charge in [-0.2, -0.15) is 0 Å². The zero-order valence-corrected chi connectivity index (χ0v) is 18.3. The van der Waals surface area contributed by atoms with Gasteiger partial charge in [0.1, 0.15) is 0 Å². The Morgan fingerprint density at radius 2 is 1.79 bits per heavy atom. The molecule has 1 aromatic heterocycles. The van der Waals surface area contributed by atoms with Crippen LogP contribution in [0.3, 0.4) is 0 Å². The van der Waals surface area contributed by atoms with E-state index < -0.39 is 4.92 Å². The molecule has 2 heterocycles. The van der Waals surface area contributed by atoms with Gasteiger partial charge in [0, 0.05) is 35.6 Å². The van der Waals surface area contributed by atoms with Crippen molar-refractivity contribution < 1.29 is 9.72 Å². The van der Waals surface area contributed by atoms with Gasteiger partial charge in [-0.15, -0.1) is 10.2 Å². The topological polar surface area (TPSA) is 94.2 Å². The molecule has 1 aliphatic rings. The fourth-order valence-corrected chi connectivity index (χ4v) is 4.75. The third kappa shape index (κ3) is 4.10. The normalized spacial score (nSPS) is 12.5. The molecule has 0 radical (unpaired) electrons. The molecule has 0 bridgehead atoms. The van der Waals surface area contributed by atoms with Gasteiger partial charge in [-0.3, -0.25) is 19.5 Å². The predicted octanol–water partition coefficient (Wildman–Crippen LogP) is 4.52. The van der Waals surface area contributed by atoms with Crippen LogP contribution in [0.15, 0.2) is 84.0 Å². The Labute approximate surface area is 194 Å². The van der Waals surface area contributed by atoms with Crippen molar-refractivity contribution in [2.24, 2.45) is 0 Å². The highest BCUT2D eigenvalue weighted by atomic mass is 32.2. The number of aromatic nitrogens is 3. The Morgan fingerprint density at radius 3 is 2.61 bits per heavy atom. The number of thioether (sulfide) groups is 1. The number of nitro benzene ring substituents is 1. The molecule has 0 atom stereocenters. The van der Waals surface area contributed by atoms with Gasteiger partial charge in [-0.05, 0) is 30.2 Å². The fourth-order valence-electron chi connectivity index (χ4n) is 3.92. The van der Waals surface area contributed by atoms with E-state index in [2.05, 4.69) is 10.2 Å². The van der Waals surface area contributed by atoms with Crippen LogP contribution >= 0.6 is 11.8 Å². The highest BCUT2D eigenvalue weighted by molar-refractivity contribution is 7.99. The predicted molar refractivity (Wildman–Crippen MR) is 127 cm³/mol. The lowest BCUT2D eigenvalue weighted by Crippen LogP contribution is -2.30. The molecule has 0 saturated carbocycles. The van der Waals surface area contributed by atoms with Crippen LogP contribution in [0.2, 0.25) is 0 Å². The first kappa shape index (κ1) is 20.9. The Hall–Kier alpha value is -3.98. The number of non-ortho nitro benzene ring substituents is 1. The molecule has 8 nitrogen and oxygen atoms in total. The molecule has 33 heavy (non-hydrogen) atoms. The highest BCUT2D eigenvalue weighted by Gasteiger charge is 2.25. The lowest BCUT2D eigenvalue weighted by atomic mass is 10.2. The average molecular weight is 458 g/mol. The fraction of sp³-hybridized carbons (Fsp3) is 0.125. The zero-order chi connectivity index (χ0) is 22.8. The monoisotopic (exact) mass is 457 g/mol. The van der Waals surface area contributed by atoms with Gasteiger partial charge in [-0.1, -0.05) is 60.3 Å². The summed E-state index contributed by atoms with van der Waals surface area (Å²) in [6.07, 6.45) is 0.851. The van der Waals surface area contributed by atoms with E-state index in [0.717, 1.165) is 17.8 Å². The summed E-state index contributed by atoms with van der Waals surface area (Å²) in [6, 6.07) is 23.8. The molecule has 0 N–H and O–H groups in total. The molecule has 164 valence electrons. The van der Waals surface area contributed by atoms with Crippen LogP contribution in [0.4, 0.5) is 11.4 Å². The number of nitrogens with zero attached hydrogens (tertiary/aromatic N) is 5. The lowest BCUT2D eigenvalue weighted by Gasteiger charge is -2.17. The van der Waals surface area contributed by atoms with E-state index in [4.69, 9.17) is 0 Å². The van der Waals surface area contributed by atoms with Crippen LogP contribution in [0.1, 0.15) is 5.56 Å². The van der Waals surface area contributed by atoms with Gasteiger partial charge in [0.2, 0.25) is 5.91 Å². The first-order chi connectivity index (χ1) is 16.1. The smallest absolute Gasteiger partial charge is 0.270 e. The Kier molecular flexibility index (Phi) is 5.62. The molecule has 0 spiro atoms. The molecule has 1 amide bonds. The third-order valence-corrected chi connectivity index (χ3v) is 6.39. The SMILES string of the molecule is O=C(CSc1nnc(-c2cccc([N+](=O)[O-])c2)n1-c1ccccc1)N1CCc2ccccc21. The number of amides is 1. The number of rotatable bonds is 6. The summed E-state index contributed by atoms with van der Waals surface area (Å²) >= 11 is 1.30. The number of benzene rings is 3. The average Bonchev–Trinajstić information content (AvgIpc) is 3.48. The third-order valence-electron chi connectivity index (χ3n) is 5.48. The van der Waals surface area contributed by atoms with Gasteiger partial charge in [0.25, 0.3) is 5.69 Å². The second kappa shape index (κ2) is 8.87.